The molecule has 0 radical (unpaired) electrons. The van der Waals surface area contributed by atoms with Gasteiger partial charge < -0.3 is 5.32 Å². The van der Waals surface area contributed by atoms with Crippen molar-refractivity contribution in [1.82, 2.24) is 5.32 Å². The normalized spacial score (nSPS) is 21.6. The Morgan fingerprint density at radius 1 is 1.05 bits per heavy atom. The average molecular weight is 306 g/mol. The first-order valence-corrected chi connectivity index (χ1v) is 7.64. The van der Waals surface area contributed by atoms with Crippen LogP contribution in [0.4, 0.5) is 0 Å². The second kappa shape index (κ2) is 5.77. The summed E-state index contributed by atoms with van der Waals surface area (Å²) >= 11 is 12.2. The van der Waals surface area contributed by atoms with Crippen molar-refractivity contribution >= 4 is 23.2 Å². The maximum absolute atomic E-state index is 6.16. The van der Waals surface area contributed by atoms with E-state index < -0.39 is 0 Å². The molecule has 0 spiro atoms. The summed E-state index contributed by atoms with van der Waals surface area (Å²) in [7, 11) is 2.03. The Hall–Kier alpha value is -1.02. The molecular formula is C17H17Cl2N. The highest BCUT2D eigenvalue weighted by Gasteiger charge is 2.26. The summed E-state index contributed by atoms with van der Waals surface area (Å²) in [4.78, 5) is 0. The number of fused-ring (bicyclic) bond motifs is 1. The van der Waals surface area contributed by atoms with Crippen LogP contribution < -0.4 is 5.32 Å². The van der Waals surface area contributed by atoms with Crippen LogP contribution in [0.3, 0.4) is 0 Å². The quantitative estimate of drug-likeness (QED) is 0.824. The fourth-order valence-electron chi connectivity index (χ4n) is 3.11. The van der Waals surface area contributed by atoms with Crippen LogP contribution in [0, 0.1) is 0 Å². The summed E-state index contributed by atoms with van der Waals surface area (Å²) in [5.41, 5.74) is 4.12. The SMILES string of the molecule is CN[C@@H]1C[C@H](c2ccc(Cl)c(Cl)c2)Cc2ccccc21. The first-order chi connectivity index (χ1) is 9.69. The summed E-state index contributed by atoms with van der Waals surface area (Å²) in [6, 6.07) is 15.1. The van der Waals surface area contributed by atoms with Crippen LogP contribution in [-0.4, -0.2) is 7.05 Å². The van der Waals surface area contributed by atoms with Gasteiger partial charge in [-0.3, -0.25) is 0 Å². The lowest BCUT2D eigenvalue weighted by molar-refractivity contribution is 0.449. The second-order valence-corrected chi connectivity index (χ2v) is 6.16. The van der Waals surface area contributed by atoms with Crippen LogP contribution in [0.2, 0.25) is 10.0 Å². The van der Waals surface area contributed by atoms with Gasteiger partial charge in [0.15, 0.2) is 0 Å². The van der Waals surface area contributed by atoms with Crippen LogP contribution in [-0.2, 0) is 6.42 Å². The van der Waals surface area contributed by atoms with Crippen LogP contribution in [0.25, 0.3) is 0 Å². The summed E-state index contributed by atoms with van der Waals surface area (Å²) < 4.78 is 0. The highest BCUT2D eigenvalue weighted by Crippen LogP contribution is 2.39. The fourth-order valence-corrected chi connectivity index (χ4v) is 3.42. The minimum atomic E-state index is 0.402. The Balaban J connectivity index is 1.95. The average Bonchev–Trinajstić information content (AvgIpc) is 2.49. The van der Waals surface area contributed by atoms with Gasteiger partial charge in [-0.05, 0) is 54.6 Å². The maximum Gasteiger partial charge on any atom is 0.0595 e. The minimum Gasteiger partial charge on any atom is -0.313 e. The van der Waals surface area contributed by atoms with E-state index in [1.807, 2.05) is 19.2 Å². The minimum absolute atomic E-state index is 0.402. The molecule has 0 bridgehead atoms. The summed E-state index contributed by atoms with van der Waals surface area (Å²) in [6.45, 7) is 0. The van der Waals surface area contributed by atoms with Gasteiger partial charge in [-0.15, -0.1) is 0 Å². The van der Waals surface area contributed by atoms with Gasteiger partial charge in [-0.1, -0.05) is 53.5 Å². The number of hydrogen-bond acceptors (Lipinski definition) is 1. The van der Waals surface area contributed by atoms with E-state index in [-0.39, 0.29) is 0 Å². The smallest absolute Gasteiger partial charge is 0.0595 e. The molecule has 2 aromatic rings. The molecule has 1 N–H and O–H groups in total. The largest absolute Gasteiger partial charge is 0.313 e. The zero-order valence-electron chi connectivity index (χ0n) is 11.4. The highest BCUT2D eigenvalue weighted by atomic mass is 35.5. The Bertz CT molecular complexity index is 624. The van der Waals surface area contributed by atoms with Crippen LogP contribution >= 0.6 is 23.2 Å². The Morgan fingerprint density at radius 2 is 1.85 bits per heavy atom. The van der Waals surface area contributed by atoms with E-state index >= 15 is 0 Å². The molecule has 3 heteroatoms. The van der Waals surface area contributed by atoms with Crippen molar-refractivity contribution in [2.45, 2.75) is 24.8 Å². The molecule has 104 valence electrons. The van der Waals surface area contributed by atoms with E-state index in [0.29, 0.717) is 22.0 Å². The van der Waals surface area contributed by atoms with Crippen LogP contribution in [0.1, 0.15) is 35.1 Å². The van der Waals surface area contributed by atoms with Crippen LogP contribution in [0.15, 0.2) is 42.5 Å². The zero-order chi connectivity index (χ0) is 14.1. The van der Waals surface area contributed by atoms with Gasteiger partial charge in [0.05, 0.1) is 10.0 Å². The van der Waals surface area contributed by atoms with Gasteiger partial charge in [0, 0.05) is 6.04 Å². The van der Waals surface area contributed by atoms with Crippen molar-refractivity contribution in [2.24, 2.45) is 0 Å². The van der Waals surface area contributed by atoms with E-state index in [0.717, 1.165) is 12.8 Å². The second-order valence-electron chi connectivity index (χ2n) is 5.35. The monoisotopic (exact) mass is 305 g/mol. The third-order valence-corrected chi connectivity index (χ3v) is 4.92. The van der Waals surface area contributed by atoms with E-state index in [4.69, 9.17) is 23.2 Å². The maximum atomic E-state index is 6.16. The first-order valence-electron chi connectivity index (χ1n) is 6.89. The number of nitrogens with one attached hydrogen (secondary N) is 1. The van der Waals surface area contributed by atoms with Gasteiger partial charge in [0.1, 0.15) is 0 Å². The topological polar surface area (TPSA) is 12.0 Å². The number of benzene rings is 2. The molecule has 0 fully saturated rings. The molecule has 0 heterocycles. The molecule has 0 aliphatic heterocycles. The lowest BCUT2D eigenvalue weighted by atomic mass is 9.77. The van der Waals surface area contributed by atoms with Crippen molar-refractivity contribution < 1.29 is 0 Å². The molecule has 20 heavy (non-hydrogen) atoms. The molecule has 0 amide bonds. The zero-order valence-corrected chi connectivity index (χ0v) is 12.9. The van der Waals surface area contributed by atoms with Gasteiger partial charge in [0.25, 0.3) is 0 Å². The van der Waals surface area contributed by atoms with E-state index in [2.05, 4.69) is 35.6 Å². The molecule has 0 saturated heterocycles. The molecule has 1 aliphatic rings. The van der Waals surface area contributed by atoms with Crippen molar-refractivity contribution in [1.29, 1.82) is 0 Å². The predicted octanol–water partition coefficient (Wildman–Crippen LogP) is 4.98. The van der Waals surface area contributed by atoms with Gasteiger partial charge in [0.2, 0.25) is 0 Å². The Kier molecular flexibility index (Phi) is 4.02. The molecule has 1 aliphatic carbocycles. The molecule has 0 unspecified atom stereocenters. The lowest BCUT2D eigenvalue weighted by Gasteiger charge is -2.32. The Morgan fingerprint density at radius 3 is 2.60 bits per heavy atom. The summed E-state index contributed by atoms with van der Waals surface area (Å²) in [5.74, 6) is 0.483. The third kappa shape index (κ3) is 2.58. The predicted molar refractivity (Wildman–Crippen MR) is 85.8 cm³/mol. The lowest BCUT2D eigenvalue weighted by Crippen LogP contribution is -2.25. The summed E-state index contributed by atoms with van der Waals surface area (Å²) in [5, 5.41) is 4.69. The Labute approximate surface area is 129 Å². The molecular weight excluding hydrogens is 289 g/mol. The molecule has 1 nitrogen and oxygen atoms in total. The highest BCUT2D eigenvalue weighted by molar-refractivity contribution is 6.42. The molecule has 0 aromatic heterocycles. The van der Waals surface area contributed by atoms with E-state index in [1.165, 1.54) is 16.7 Å². The standard InChI is InChI=1S/C17H17Cl2N/c1-20-17-10-13(8-12-4-2-3-5-14(12)17)11-6-7-15(18)16(19)9-11/h2-7,9,13,17,20H,8,10H2,1H3/t13-,17-/m1/s1. The van der Waals surface area contributed by atoms with Crippen molar-refractivity contribution in [2.75, 3.05) is 7.05 Å². The number of rotatable bonds is 2. The number of hydrogen-bond donors (Lipinski definition) is 1. The molecule has 2 atom stereocenters. The van der Waals surface area contributed by atoms with Crippen molar-refractivity contribution in [3.8, 4) is 0 Å². The fraction of sp³-hybridized carbons (Fsp3) is 0.294. The van der Waals surface area contributed by atoms with Crippen LogP contribution in [0.5, 0.6) is 0 Å². The first kappa shape index (κ1) is 13.9. The van der Waals surface area contributed by atoms with E-state index in [9.17, 15) is 0 Å². The van der Waals surface area contributed by atoms with Gasteiger partial charge in [-0.25, -0.2) is 0 Å². The summed E-state index contributed by atoms with van der Waals surface area (Å²) in [6.07, 6.45) is 2.15. The van der Waals surface area contributed by atoms with E-state index in [1.54, 1.807) is 0 Å². The number of halogens is 2. The van der Waals surface area contributed by atoms with Gasteiger partial charge >= 0.3 is 0 Å². The molecule has 3 rings (SSSR count). The van der Waals surface area contributed by atoms with Crippen molar-refractivity contribution in [3.05, 3.63) is 69.2 Å². The molecule has 0 saturated carbocycles. The third-order valence-electron chi connectivity index (χ3n) is 4.18. The van der Waals surface area contributed by atoms with Gasteiger partial charge in [-0.2, -0.15) is 0 Å². The van der Waals surface area contributed by atoms with Crippen molar-refractivity contribution in [3.63, 3.8) is 0 Å². The molecule has 2 aromatic carbocycles.